The molecule has 0 aromatic heterocycles. The van der Waals surface area contributed by atoms with Crippen LogP contribution in [0.4, 0.5) is 5.69 Å². The highest BCUT2D eigenvalue weighted by Crippen LogP contribution is 2.65. The summed E-state index contributed by atoms with van der Waals surface area (Å²) in [5.74, 6) is -3.51. The highest BCUT2D eigenvalue weighted by atomic mass is 35.5. The van der Waals surface area contributed by atoms with Gasteiger partial charge in [0.05, 0.1) is 32.9 Å². The Morgan fingerprint density at radius 2 is 1.44 bits per heavy atom. The third-order valence-electron chi connectivity index (χ3n) is 9.21. The monoisotopic (exact) mass is 625 g/mol. The molecular formula is C33H24ClN3O8. The van der Waals surface area contributed by atoms with E-state index in [0.29, 0.717) is 11.8 Å². The standard InChI is InChI=1S/C33H24ClN3O8/c34-26-4-2-1-3-23(26)30(39)35(36-31(40)28-21-13-14-22(25-15-24(21)25)29(28)32(36)41)16-27(38)17-7-11-20(12-8-17)45-33(42)18-5-9-19(10-6-18)37(43)44/h1-14,21-22,24-25,28-29H,15-16H2/t21-,22-,24-,25-,28-,29+/m0/s1. The molecule has 1 saturated heterocycles. The smallest absolute Gasteiger partial charge is 0.343 e. The third kappa shape index (κ3) is 4.80. The molecule has 8 rings (SSSR count). The molecule has 3 aromatic carbocycles. The van der Waals surface area contributed by atoms with Gasteiger partial charge in [0.2, 0.25) is 0 Å². The number of ether oxygens (including phenoxy) is 1. The molecule has 3 fully saturated rings. The topological polar surface area (TPSA) is 144 Å². The number of carbonyl (C=O) groups excluding carboxylic acids is 5. The number of nitro groups is 1. The normalized spacial score (nSPS) is 25.4. The van der Waals surface area contributed by atoms with Gasteiger partial charge < -0.3 is 4.74 Å². The third-order valence-corrected chi connectivity index (χ3v) is 9.54. The van der Waals surface area contributed by atoms with E-state index in [-0.39, 0.29) is 45.0 Å². The molecule has 1 heterocycles. The first-order valence-electron chi connectivity index (χ1n) is 14.4. The Morgan fingerprint density at radius 1 is 0.867 bits per heavy atom. The number of amides is 3. The number of hydrogen-bond donors (Lipinski definition) is 0. The van der Waals surface area contributed by atoms with Crippen molar-refractivity contribution >= 4 is 46.8 Å². The van der Waals surface area contributed by atoms with Crippen molar-refractivity contribution in [2.45, 2.75) is 6.42 Å². The van der Waals surface area contributed by atoms with Crippen molar-refractivity contribution in [2.24, 2.45) is 35.5 Å². The van der Waals surface area contributed by atoms with Gasteiger partial charge in [-0.05, 0) is 78.6 Å². The van der Waals surface area contributed by atoms with E-state index in [0.717, 1.165) is 16.4 Å². The number of non-ortho nitro benzene ring substituents is 1. The number of rotatable bonds is 8. The number of ketones is 1. The van der Waals surface area contributed by atoms with E-state index in [1.807, 2.05) is 12.2 Å². The lowest BCUT2D eigenvalue weighted by Gasteiger charge is -2.37. The Bertz CT molecular complexity index is 1790. The summed E-state index contributed by atoms with van der Waals surface area (Å²) in [6.07, 6.45) is 5.03. The van der Waals surface area contributed by atoms with Gasteiger partial charge in [-0.15, -0.1) is 0 Å². The van der Waals surface area contributed by atoms with Gasteiger partial charge in [-0.2, -0.15) is 5.01 Å². The first-order valence-corrected chi connectivity index (χ1v) is 14.7. The molecular weight excluding hydrogens is 602 g/mol. The summed E-state index contributed by atoms with van der Waals surface area (Å²) in [6.45, 7) is -0.613. The summed E-state index contributed by atoms with van der Waals surface area (Å²) < 4.78 is 5.32. The summed E-state index contributed by atoms with van der Waals surface area (Å²) in [7, 11) is 0. The lowest BCUT2D eigenvalue weighted by molar-refractivity contribution is -0.384. The van der Waals surface area contributed by atoms with Crippen LogP contribution < -0.4 is 4.74 Å². The van der Waals surface area contributed by atoms with Gasteiger partial charge in [-0.3, -0.25) is 29.3 Å². The number of nitrogens with zero attached hydrogens (tertiary/aromatic N) is 3. The Kier molecular flexibility index (Phi) is 6.85. The van der Waals surface area contributed by atoms with E-state index in [9.17, 15) is 34.1 Å². The SMILES string of the molecule is O=C(CN(C(=O)c1ccccc1Cl)N1C(=O)[C@@H]2[C@H]3C=C[C@@H]([C@@H]4C[C@@H]34)[C@@H]2C1=O)c1ccc(OC(=O)c2ccc([N+](=O)[O-])cc2)cc1. The first-order chi connectivity index (χ1) is 21.6. The Balaban J connectivity index is 1.12. The van der Waals surface area contributed by atoms with Crippen molar-refractivity contribution in [2.75, 3.05) is 6.54 Å². The second kappa shape index (κ2) is 10.8. The number of allylic oxidation sites excluding steroid dienone is 2. The van der Waals surface area contributed by atoms with Crippen molar-refractivity contribution in [1.29, 1.82) is 0 Å². The van der Waals surface area contributed by atoms with Crippen molar-refractivity contribution in [3.63, 3.8) is 0 Å². The van der Waals surface area contributed by atoms with E-state index in [1.165, 1.54) is 60.7 Å². The van der Waals surface area contributed by atoms with Crippen LogP contribution in [0.5, 0.6) is 5.75 Å². The molecule has 2 saturated carbocycles. The summed E-state index contributed by atoms with van der Waals surface area (Å²) in [5, 5.41) is 12.7. The molecule has 0 unspecified atom stereocenters. The number of imide groups is 1. The van der Waals surface area contributed by atoms with Crippen molar-refractivity contribution in [3.8, 4) is 5.75 Å². The largest absolute Gasteiger partial charge is 0.423 e. The molecule has 4 aliphatic carbocycles. The van der Waals surface area contributed by atoms with Gasteiger partial charge in [0, 0.05) is 17.7 Å². The van der Waals surface area contributed by atoms with Crippen LogP contribution in [0, 0.1) is 45.6 Å². The van der Waals surface area contributed by atoms with Gasteiger partial charge in [0.1, 0.15) is 12.3 Å². The average Bonchev–Trinajstić information content (AvgIpc) is 3.83. The maximum atomic E-state index is 13.9. The van der Waals surface area contributed by atoms with E-state index in [4.69, 9.17) is 16.3 Å². The molecule has 12 heteroatoms. The van der Waals surface area contributed by atoms with E-state index < -0.39 is 52.8 Å². The number of hydrazine groups is 1. The molecule has 11 nitrogen and oxygen atoms in total. The number of Topliss-reactive ketones (excluding diaryl/α,β-unsaturated/α-hetero) is 1. The Morgan fingerprint density at radius 3 is 2.02 bits per heavy atom. The van der Waals surface area contributed by atoms with Crippen LogP contribution in [0.3, 0.4) is 0 Å². The zero-order chi connectivity index (χ0) is 31.6. The zero-order valence-electron chi connectivity index (χ0n) is 23.4. The van der Waals surface area contributed by atoms with Crippen molar-refractivity contribution < 1.29 is 33.6 Å². The fourth-order valence-corrected chi connectivity index (χ4v) is 7.22. The summed E-state index contributed by atoms with van der Waals surface area (Å²) in [5.41, 5.74) is 0.102. The summed E-state index contributed by atoms with van der Waals surface area (Å²) in [4.78, 5) is 77.9. The van der Waals surface area contributed by atoms with Crippen LogP contribution in [0.2, 0.25) is 5.02 Å². The molecule has 5 aliphatic rings. The van der Waals surface area contributed by atoms with Crippen LogP contribution >= 0.6 is 11.6 Å². The first kappa shape index (κ1) is 28.6. The Hall–Kier alpha value is -5.16. The second-order valence-corrected chi connectivity index (χ2v) is 12.0. The van der Waals surface area contributed by atoms with Gasteiger partial charge in [0.15, 0.2) is 5.78 Å². The predicted octanol–water partition coefficient (Wildman–Crippen LogP) is 4.76. The number of benzene rings is 3. The van der Waals surface area contributed by atoms with Gasteiger partial charge >= 0.3 is 5.97 Å². The van der Waals surface area contributed by atoms with Gasteiger partial charge in [0.25, 0.3) is 23.4 Å². The number of esters is 1. The molecule has 0 radical (unpaired) electrons. The maximum absolute atomic E-state index is 13.9. The highest BCUT2D eigenvalue weighted by molar-refractivity contribution is 6.34. The zero-order valence-corrected chi connectivity index (χ0v) is 24.2. The molecule has 3 aromatic rings. The van der Waals surface area contributed by atoms with E-state index >= 15 is 0 Å². The molecule has 45 heavy (non-hydrogen) atoms. The molecule has 1 aliphatic heterocycles. The minimum atomic E-state index is -0.756. The average molecular weight is 626 g/mol. The van der Waals surface area contributed by atoms with E-state index in [1.54, 1.807) is 12.1 Å². The second-order valence-electron chi connectivity index (χ2n) is 11.6. The number of hydrogen-bond acceptors (Lipinski definition) is 8. The number of halogens is 1. The predicted molar refractivity (Wildman–Crippen MR) is 158 cm³/mol. The van der Waals surface area contributed by atoms with Gasteiger partial charge in [-0.1, -0.05) is 35.9 Å². The van der Waals surface area contributed by atoms with Crippen LogP contribution in [0.15, 0.2) is 84.9 Å². The fraction of sp³-hybridized carbons (Fsp3) is 0.242. The lowest BCUT2D eigenvalue weighted by Crippen LogP contribution is -2.52. The van der Waals surface area contributed by atoms with Gasteiger partial charge in [-0.25, -0.2) is 9.80 Å². The maximum Gasteiger partial charge on any atom is 0.343 e. The fourth-order valence-electron chi connectivity index (χ4n) is 7.01. The van der Waals surface area contributed by atoms with Crippen LogP contribution in [-0.2, 0) is 9.59 Å². The lowest BCUT2D eigenvalue weighted by atomic mass is 9.63. The molecule has 3 amide bonds. The van der Waals surface area contributed by atoms with Crippen LogP contribution in [0.1, 0.15) is 37.5 Å². The minimum Gasteiger partial charge on any atom is -0.423 e. The Labute approximate surface area is 261 Å². The number of carbonyl (C=O) groups is 5. The highest BCUT2D eigenvalue weighted by Gasteiger charge is 2.68. The van der Waals surface area contributed by atoms with Crippen LogP contribution in [0.25, 0.3) is 0 Å². The van der Waals surface area contributed by atoms with Crippen molar-refractivity contribution in [3.05, 3.63) is 117 Å². The molecule has 0 spiro atoms. The molecule has 6 atom stereocenters. The summed E-state index contributed by atoms with van der Waals surface area (Å²) >= 11 is 6.32. The number of nitro benzene ring substituents is 1. The molecule has 2 bridgehead atoms. The summed E-state index contributed by atoms with van der Waals surface area (Å²) in [6, 6.07) is 16.7. The molecule has 0 N–H and O–H groups in total. The van der Waals surface area contributed by atoms with E-state index in [2.05, 4.69) is 0 Å². The minimum absolute atomic E-state index is 0.0416. The van der Waals surface area contributed by atoms with Crippen LogP contribution in [-0.4, -0.2) is 51.0 Å². The van der Waals surface area contributed by atoms with Crippen molar-refractivity contribution in [1.82, 2.24) is 10.0 Å². The quantitative estimate of drug-likeness (QED) is 0.0663. The molecule has 226 valence electrons.